The molecule has 1 aromatic carbocycles. The second-order valence-corrected chi connectivity index (χ2v) is 4.94. The molecule has 0 aromatic heterocycles. The van der Waals surface area contributed by atoms with Crippen molar-refractivity contribution in [3.8, 4) is 0 Å². The number of aliphatic hydroxyl groups is 1. The van der Waals surface area contributed by atoms with Gasteiger partial charge < -0.3 is 5.11 Å². The monoisotopic (exact) mass is 368 g/mol. The standard InChI is InChI=1S/C11H8BrF7O/c12-6-3-5(1-2-7(6)13)4-8(20)9(10(14,15)16)11(17,18)19/h1-3,8-9,20H,4H2. The third-order valence-electron chi connectivity index (χ3n) is 2.52. The summed E-state index contributed by atoms with van der Waals surface area (Å²) >= 11 is 2.75. The van der Waals surface area contributed by atoms with Gasteiger partial charge in [0, 0.05) is 0 Å². The molecule has 1 unspecified atom stereocenters. The smallest absolute Gasteiger partial charge is 0.392 e. The van der Waals surface area contributed by atoms with E-state index >= 15 is 0 Å². The minimum atomic E-state index is -5.62. The van der Waals surface area contributed by atoms with E-state index in [-0.39, 0.29) is 10.0 Å². The average molecular weight is 369 g/mol. The van der Waals surface area contributed by atoms with Crippen molar-refractivity contribution in [2.45, 2.75) is 24.9 Å². The minimum Gasteiger partial charge on any atom is -0.392 e. The Hall–Kier alpha value is -0.830. The van der Waals surface area contributed by atoms with Crippen molar-refractivity contribution in [2.75, 3.05) is 0 Å². The molecule has 1 rings (SSSR count). The summed E-state index contributed by atoms with van der Waals surface area (Å²) in [5.74, 6) is -4.56. The first-order valence-corrected chi connectivity index (χ1v) is 5.97. The summed E-state index contributed by atoms with van der Waals surface area (Å²) in [5.41, 5.74) is -0.0516. The lowest BCUT2D eigenvalue weighted by Crippen LogP contribution is -2.45. The van der Waals surface area contributed by atoms with Crippen LogP contribution in [0.4, 0.5) is 30.7 Å². The molecule has 1 nitrogen and oxygen atoms in total. The number of aliphatic hydroxyl groups excluding tert-OH is 1. The van der Waals surface area contributed by atoms with Crippen molar-refractivity contribution in [1.29, 1.82) is 0 Å². The Morgan fingerprint density at radius 3 is 1.95 bits per heavy atom. The van der Waals surface area contributed by atoms with Crippen LogP contribution < -0.4 is 0 Å². The molecule has 0 fully saturated rings. The van der Waals surface area contributed by atoms with Crippen LogP contribution in [0.15, 0.2) is 22.7 Å². The van der Waals surface area contributed by atoms with Crippen molar-refractivity contribution in [2.24, 2.45) is 5.92 Å². The van der Waals surface area contributed by atoms with Crippen LogP contribution in [0.3, 0.4) is 0 Å². The zero-order chi connectivity index (χ0) is 15.7. The molecule has 0 spiro atoms. The third-order valence-corrected chi connectivity index (χ3v) is 3.13. The SMILES string of the molecule is OC(Cc1ccc(F)c(Br)c1)C(C(F)(F)F)C(F)(F)F. The quantitative estimate of drug-likeness (QED) is 0.791. The van der Waals surface area contributed by atoms with Gasteiger partial charge in [0.2, 0.25) is 0 Å². The molecule has 0 saturated carbocycles. The van der Waals surface area contributed by atoms with Gasteiger partial charge in [-0.15, -0.1) is 0 Å². The maximum absolute atomic E-state index is 12.9. The summed E-state index contributed by atoms with van der Waals surface area (Å²) in [4.78, 5) is 0. The van der Waals surface area contributed by atoms with Gasteiger partial charge in [-0.1, -0.05) is 6.07 Å². The van der Waals surface area contributed by atoms with Gasteiger partial charge in [-0.05, 0) is 40.0 Å². The Kier molecular flexibility index (Phi) is 5.07. The lowest BCUT2D eigenvalue weighted by Gasteiger charge is -2.27. The van der Waals surface area contributed by atoms with E-state index in [0.717, 1.165) is 18.2 Å². The van der Waals surface area contributed by atoms with E-state index in [2.05, 4.69) is 15.9 Å². The highest BCUT2D eigenvalue weighted by molar-refractivity contribution is 9.10. The van der Waals surface area contributed by atoms with E-state index in [1.165, 1.54) is 0 Å². The van der Waals surface area contributed by atoms with Gasteiger partial charge >= 0.3 is 12.4 Å². The summed E-state index contributed by atoms with van der Waals surface area (Å²) in [6.45, 7) is 0. The Morgan fingerprint density at radius 1 is 1.05 bits per heavy atom. The van der Waals surface area contributed by atoms with Crippen LogP contribution in [0.5, 0.6) is 0 Å². The van der Waals surface area contributed by atoms with Crippen LogP contribution in [0, 0.1) is 11.7 Å². The van der Waals surface area contributed by atoms with Gasteiger partial charge in [-0.3, -0.25) is 0 Å². The van der Waals surface area contributed by atoms with Crippen LogP contribution in [0.2, 0.25) is 0 Å². The number of hydrogen-bond acceptors (Lipinski definition) is 1. The molecule has 0 aliphatic heterocycles. The molecular weight excluding hydrogens is 361 g/mol. The largest absolute Gasteiger partial charge is 0.403 e. The molecule has 0 amide bonds. The van der Waals surface area contributed by atoms with Gasteiger partial charge in [0.05, 0.1) is 10.6 Å². The number of hydrogen-bond donors (Lipinski definition) is 1. The molecule has 0 bridgehead atoms. The van der Waals surface area contributed by atoms with Gasteiger partial charge in [0.15, 0.2) is 5.92 Å². The fourth-order valence-corrected chi connectivity index (χ4v) is 2.07. The van der Waals surface area contributed by atoms with E-state index < -0.39 is 36.6 Å². The first-order chi connectivity index (χ1) is 8.93. The highest BCUT2D eigenvalue weighted by Crippen LogP contribution is 2.42. The lowest BCUT2D eigenvalue weighted by molar-refractivity contribution is -0.305. The Bertz CT molecular complexity index is 455. The van der Waals surface area contributed by atoms with Gasteiger partial charge in [0.25, 0.3) is 0 Å². The first kappa shape index (κ1) is 17.2. The highest BCUT2D eigenvalue weighted by atomic mass is 79.9. The molecule has 0 radical (unpaired) electrons. The number of alkyl halides is 6. The zero-order valence-electron chi connectivity index (χ0n) is 9.56. The maximum atomic E-state index is 12.9. The van der Waals surface area contributed by atoms with Crippen molar-refractivity contribution in [3.63, 3.8) is 0 Å². The first-order valence-electron chi connectivity index (χ1n) is 5.18. The highest BCUT2D eigenvalue weighted by Gasteiger charge is 2.59. The van der Waals surface area contributed by atoms with E-state index in [0.29, 0.717) is 0 Å². The normalized spacial score (nSPS) is 14.7. The summed E-state index contributed by atoms with van der Waals surface area (Å²) in [7, 11) is 0. The van der Waals surface area contributed by atoms with Crippen LogP contribution >= 0.6 is 15.9 Å². The molecule has 9 heteroatoms. The van der Waals surface area contributed by atoms with Gasteiger partial charge in [-0.2, -0.15) is 26.3 Å². The molecule has 0 aliphatic carbocycles. The summed E-state index contributed by atoms with van der Waals surface area (Å²) in [5, 5.41) is 9.24. The van der Waals surface area contributed by atoms with E-state index in [4.69, 9.17) is 0 Å². The Balaban J connectivity index is 2.97. The number of benzene rings is 1. The van der Waals surface area contributed by atoms with Crippen molar-refractivity contribution in [3.05, 3.63) is 34.1 Å². The lowest BCUT2D eigenvalue weighted by atomic mass is 9.95. The molecule has 0 heterocycles. The van der Waals surface area contributed by atoms with Crippen LogP contribution in [-0.2, 0) is 6.42 Å². The topological polar surface area (TPSA) is 20.2 Å². The van der Waals surface area contributed by atoms with Gasteiger partial charge in [0.1, 0.15) is 5.82 Å². The van der Waals surface area contributed by atoms with E-state index in [1.807, 2.05) is 0 Å². The van der Waals surface area contributed by atoms with Crippen molar-refractivity contribution < 1.29 is 35.8 Å². The zero-order valence-corrected chi connectivity index (χ0v) is 11.2. The minimum absolute atomic E-state index is 0.0516. The molecule has 0 aliphatic rings. The fourth-order valence-electron chi connectivity index (χ4n) is 1.65. The predicted molar refractivity (Wildman–Crippen MR) is 59.4 cm³/mol. The average Bonchev–Trinajstić information content (AvgIpc) is 2.18. The van der Waals surface area contributed by atoms with Crippen LogP contribution in [0.25, 0.3) is 0 Å². The fraction of sp³-hybridized carbons (Fsp3) is 0.455. The number of halogens is 8. The van der Waals surface area contributed by atoms with E-state index in [9.17, 15) is 35.8 Å². The summed E-state index contributed by atoms with van der Waals surface area (Å²) in [6, 6.07) is 2.90. The van der Waals surface area contributed by atoms with Crippen LogP contribution in [-0.4, -0.2) is 23.6 Å². The molecule has 1 atom stereocenters. The summed E-state index contributed by atoms with van der Waals surface area (Å²) in [6.07, 6.45) is -14.8. The van der Waals surface area contributed by atoms with Gasteiger partial charge in [-0.25, -0.2) is 4.39 Å². The van der Waals surface area contributed by atoms with Crippen molar-refractivity contribution >= 4 is 15.9 Å². The predicted octanol–water partition coefficient (Wildman–Crippen LogP) is 4.23. The maximum Gasteiger partial charge on any atom is 0.403 e. The summed E-state index contributed by atoms with van der Waals surface area (Å²) < 4.78 is 87.0. The molecule has 20 heavy (non-hydrogen) atoms. The third kappa shape index (κ3) is 4.34. The van der Waals surface area contributed by atoms with Crippen LogP contribution in [0.1, 0.15) is 5.56 Å². The Morgan fingerprint density at radius 2 is 1.55 bits per heavy atom. The molecular formula is C11H8BrF7O. The molecule has 0 saturated heterocycles. The second kappa shape index (κ2) is 5.88. The molecule has 114 valence electrons. The second-order valence-electron chi connectivity index (χ2n) is 4.08. The molecule has 1 aromatic rings. The molecule has 1 N–H and O–H groups in total. The Labute approximate surface area is 117 Å². The van der Waals surface area contributed by atoms with E-state index in [1.54, 1.807) is 0 Å². The number of rotatable bonds is 3. The van der Waals surface area contributed by atoms with Crippen molar-refractivity contribution in [1.82, 2.24) is 0 Å².